The highest BCUT2D eigenvalue weighted by Gasteiger charge is 2.15. The molecular weight excluding hydrogens is 250 g/mol. The van der Waals surface area contributed by atoms with E-state index in [0.29, 0.717) is 6.54 Å². The van der Waals surface area contributed by atoms with E-state index >= 15 is 0 Å². The molecule has 1 aromatic rings. The van der Waals surface area contributed by atoms with Gasteiger partial charge in [0.1, 0.15) is 0 Å². The number of fused-ring (bicyclic) bond motifs is 1. The quantitative estimate of drug-likeness (QED) is 0.870. The van der Waals surface area contributed by atoms with Crippen LogP contribution in [0, 0.1) is 5.41 Å². The number of nitrogens with zero attached hydrogens (tertiary/aromatic N) is 1. The number of hydrogen-bond acceptors (Lipinski definition) is 2. The molecule has 1 aromatic carbocycles. The van der Waals surface area contributed by atoms with E-state index < -0.39 is 0 Å². The smallest absolute Gasteiger partial charge is 0.319 e. The molecule has 0 fully saturated rings. The van der Waals surface area contributed by atoms with Gasteiger partial charge < -0.3 is 15.5 Å². The Bertz CT molecular complexity index is 491. The lowest BCUT2D eigenvalue weighted by atomic mass is 9.97. The monoisotopic (exact) mass is 275 g/mol. The van der Waals surface area contributed by atoms with E-state index in [1.54, 1.807) is 0 Å². The second-order valence-electron chi connectivity index (χ2n) is 6.74. The van der Waals surface area contributed by atoms with E-state index in [4.69, 9.17) is 0 Å². The minimum atomic E-state index is -0.140. The van der Waals surface area contributed by atoms with Crippen molar-refractivity contribution in [2.75, 3.05) is 30.4 Å². The largest absolute Gasteiger partial charge is 0.374 e. The molecule has 4 nitrogen and oxygen atoms in total. The summed E-state index contributed by atoms with van der Waals surface area (Å²) in [6.07, 6.45) is 2.32. The summed E-state index contributed by atoms with van der Waals surface area (Å²) < 4.78 is 0. The van der Waals surface area contributed by atoms with Crippen LogP contribution < -0.4 is 15.5 Å². The van der Waals surface area contributed by atoms with E-state index in [9.17, 15) is 4.79 Å². The fourth-order valence-electron chi connectivity index (χ4n) is 2.36. The Morgan fingerprint density at radius 3 is 2.80 bits per heavy atom. The van der Waals surface area contributed by atoms with Gasteiger partial charge >= 0.3 is 6.03 Å². The van der Waals surface area contributed by atoms with Crippen LogP contribution in [0.25, 0.3) is 0 Å². The molecular formula is C16H25N3O. The van der Waals surface area contributed by atoms with Crippen molar-refractivity contribution in [1.82, 2.24) is 5.32 Å². The number of carbonyl (C=O) groups is 1. The first-order valence-electron chi connectivity index (χ1n) is 7.24. The number of anilines is 2. The van der Waals surface area contributed by atoms with Crippen LogP contribution in [-0.2, 0) is 6.42 Å². The Morgan fingerprint density at radius 2 is 2.10 bits per heavy atom. The number of carbonyl (C=O) groups excluding carboxylic acids is 1. The molecule has 2 amide bonds. The second kappa shape index (κ2) is 5.73. The lowest BCUT2D eigenvalue weighted by Crippen LogP contribution is -2.35. The summed E-state index contributed by atoms with van der Waals surface area (Å²) >= 11 is 0. The Labute approximate surface area is 121 Å². The Balaban J connectivity index is 2.00. The number of rotatable bonds is 2. The van der Waals surface area contributed by atoms with Crippen molar-refractivity contribution < 1.29 is 4.79 Å². The molecule has 4 heteroatoms. The van der Waals surface area contributed by atoms with Gasteiger partial charge in [0, 0.05) is 31.5 Å². The molecule has 1 aliphatic heterocycles. The number of aryl methyl sites for hydroxylation is 1. The van der Waals surface area contributed by atoms with Gasteiger partial charge in [-0.3, -0.25) is 0 Å². The standard InChI is InChI=1S/C16H25N3O/c1-16(2,3)11-17-15(20)18-13-8-7-12-6-5-9-19(4)14(12)10-13/h7-8,10H,5-6,9,11H2,1-4H3,(H2,17,18,20). The fourth-order valence-corrected chi connectivity index (χ4v) is 2.36. The molecule has 0 bridgehead atoms. The summed E-state index contributed by atoms with van der Waals surface area (Å²) in [6, 6.07) is 6.02. The molecule has 0 aromatic heterocycles. The summed E-state index contributed by atoms with van der Waals surface area (Å²) in [5, 5.41) is 5.81. The van der Waals surface area contributed by atoms with E-state index in [1.165, 1.54) is 17.7 Å². The van der Waals surface area contributed by atoms with Crippen LogP contribution in [0.4, 0.5) is 16.2 Å². The molecule has 2 N–H and O–H groups in total. The van der Waals surface area contributed by atoms with Crippen LogP contribution in [0.2, 0.25) is 0 Å². The van der Waals surface area contributed by atoms with Gasteiger partial charge in [-0.15, -0.1) is 0 Å². The molecule has 2 rings (SSSR count). The molecule has 0 spiro atoms. The third kappa shape index (κ3) is 3.89. The highest BCUT2D eigenvalue weighted by Crippen LogP contribution is 2.28. The van der Waals surface area contributed by atoms with Crippen molar-refractivity contribution in [1.29, 1.82) is 0 Å². The van der Waals surface area contributed by atoms with Gasteiger partial charge in [0.25, 0.3) is 0 Å². The molecule has 1 heterocycles. The summed E-state index contributed by atoms with van der Waals surface area (Å²) in [5.74, 6) is 0. The molecule has 0 saturated heterocycles. The first-order valence-corrected chi connectivity index (χ1v) is 7.24. The zero-order chi connectivity index (χ0) is 14.8. The number of nitrogens with one attached hydrogen (secondary N) is 2. The minimum Gasteiger partial charge on any atom is -0.374 e. The summed E-state index contributed by atoms with van der Waals surface area (Å²) in [4.78, 5) is 14.1. The summed E-state index contributed by atoms with van der Waals surface area (Å²) in [7, 11) is 2.10. The van der Waals surface area contributed by atoms with Crippen LogP contribution in [0.1, 0.15) is 32.8 Å². The van der Waals surface area contributed by atoms with Crippen LogP contribution in [0.3, 0.4) is 0 Å². The maximum absolute atomic E-state index is 11.9. The van der Waals surface area contributed by atoms with Crippen LogP contribution in [-0.4, -0.2) is 26.2 Å². The lowest BCUT2D eigenvalue weighted by molar-refractivity contribution is 0.247. The maximum Gasteiger partial charge on any atom is 0.319 e. The zero-order valence-corrected chi connectivity index (χ0v) is 12.9. The highest BCUT2D eigenvalue weighted by molar-refractivity contribution is 5.90. The van der Waals surface area contributed by atoms with Gasteiger partial charge in [0.15, 0.2) is 0 Å². The van der Waals surface area contributed by atoms with Gasteiger partial charge in [0.05, 0.1) is 0 Å². The van der Waals surface area contributed by atoms with Crippen molar-refractivity contribution in [3.05, 3.63) is 23.8 Å². The molecule has 0 radical (unpaired) electrons. The average molecular weight is 275 g/mol. The number of benzene rings is 1. The number of hydrogen-bond donors (Lipinski definition) is 2. The van der Waals surface area contributed by atoms with Gasteiger partial charge in [-0.25, -0.2) is 4.79 Å². The van der Waals surface area contributed by atoms with Gasteiger partial charge in [0.2, 0.25) is 0 Å². The van der Waals surface area contributed by atoms with E-state index in [-0.39, 0.29) is 11.4 Å². The van der Waals surface area contributed by atoms with Crippen LogP contribution in [0.5, 0.6) is 0 Å². The number of urea groups is 1. The van der Waals surface area contributed by atoms with Crippen molar-refractivity contribution in [3.8, 4) is 0 Å². The zero-order valence-electron chi connectivity index (χ0n) is 12.9. The predicted octanol–water partition coefficient (Wildman–Crippen LogP) is 3.24. The van der Waals surface area contributed by atoms with Crippen molar-refractivity contribution in [2.24, 2.45) is 5.41 Å². The molecule has 0 unspecified atom stereocenters. The van der Waals surface area contributed by atoms with E-state index in [0.717, 1.165) is 18.7 Å². The van der Waals surface area contributed by atoms with Crippen molar-refractivity contribution in [3.63, 3.8) is 0 Å². The molecule has 0 saturated carbocycles. The van der Waals surface area contributed by atoms with Crippen LogP contribution in [0.15, 0.2) is 18.2 Å². The van der Waals surface area contributed by atoms with Crippen molar-refractivity contribution >= 4 is 17.4 Å². The fraction of sp³-hybridized carbons (Fsp3) is 0.562. The SMILES string of the molecule is CN1CCCc2ccc(NC(=O)NCC(C)(C)C)cc21. The normalized spacial score (nSPS) is 14.7. The third-order valence-electron chi connectivity index (χ3n) is 3.47. The Morgan fingerprint density at radius 1 is 1.35 bits per heavy atom. The van der Waals surface area contributed by atoms with Gasteiger partial charge in [-0.2, -0.15) is 0 Å². The predicted molar refractivity (Wildman–Crippen MR) is 84.5 cm³/mol. The molecule has 20 heavy (non-hydrogen) atoms. The highest BCUT2D eigenvalue weighted by atomic mass is 16.2. The Hall–Kier alpha value is -1.71. The van der Waals surface area contributed by atoms with E-state index in [2.05, 4.69) is 55.5 Å². The minimum absolute atomic E-state index is 0.0907. The topological polar surface area (TPSA) is 44.4 Å². The van der Waals surface area contributed by atoms with Gasteiger partial charge in [-0.05, 0) is 36.0 Å². The summed E-state index contributed by atoms with van der Waals surface area (Å²) in [6.45, 7) is 8.03. The third-order valence-corrected chi connectivity index (χ3v) is 3.47. The number of amides is 2. The molecule has 0 atom stereocenters. The van der Waals surface area contributed by atoms with Gasteiger partial charge in [-0.1, -0.05) is 26.8 Å². The maximum atomic E-state index is 11.9. The lowest BCUT2D eigenvalue weighted by Gasteiger charge is -2.28. The first-order chi connectivity index (χ1) is 9.35. The van der Waals surface area contributed by atoms with Crippen LogP contribution >= 0.6 is 0 Å². The molecule has 0 aliphatic carbocycles. The first kappa shape index (κ1) is 14.7. The Kier molecular flexibility index (Phi) is 4.21. The summed E-state index contributed by atoms with van der Waals surface area (Å²) in [5.41, 5.74) is 3.53. The average Bonchev–Trinajstić information content (AvgIpc) is 2.37. The molecule has 110 valence electrons. The second-order valence-corrected chi connectivity index (χ2v) is 6.74. The van der Waals surface area contributed by atoms with Crippen molar-refractivity contribution in [2.45, 2.75) is 33.6 Å². The van der Waals surface area contributed by atoms with E-state index in [1.807, 2.05) is 6.07 Å². The molecule has 1 aliphatic rings.